The molecule has 2 aromatic heterocycles. The molecule has 3 aromatic rings. The maximum absolute atomic E-state index is 5.57. The smallest absolute Gasteiger partial charge is 0.179 e. The molecular formula is C19H22N4S. The molecule has 4 nitrogen and oxygen atoms in total. The minimum atomic E-state index is 0.438. The number of aromatic amines is 1. The average Bonchev–Trinajstić information content (AvgIpc) is 2.91. The van der Waals surface area contributed by atoms with Crippen LogP contribution in [0.15, 0.2) is 42.6 Å². The Morgan fingerprint density at radius 3 is 2.71 bits per heavy atom. The molecule has 0 saturated carbocycles. The quantitative estimate of drug-likeness (QED) is 0.726. The summed E-state index contributed by atoms with van der Waals surface area (Å²) < 4.78 is 3.02. The molecule has 1 aliphatic heterocycles. The summed E-state index contributed by atoms with van der Waals surface area (Å²) in [7, 11) is 0. The van der Waals surface area contributed by atoms with Gasteiger partial charge in [0.05, 0.1) is 5.52 Å². The molecule has 1 saturated heterocycles. The summed E-state index contributed by atoms with van der Waals surface area (Å²) in [6.07, 6.45) is 4.15. The Labute approximate surface area is 147 Å². The number of benzene rings is 1. The molecule has 24 heavy (non-hydrogen) atoms. The van der Waals surface area contributed by atoms with Crippen LogP contribution in [0.2, 0.25) is 0 Å². The zero-order valence-corrected chi connectivity index (χ0v) is 14.7. The molecule has 5 heteroatoms. The molecule has 0 radical (unpaired) electrons. The molecular weight excluding hydrogens is 316 g/mol. The van der Waals surface area contributed by atoms with Crippen LogP contribution in [0.4, 0.5) is 0 Å². The van der Waals surface area contributed by atoms with Crippen molar-refractivity contribution in [1.82, 2.24) is 19.4 Å². The highest BCUT2D eigenvalue weighted by atomic mass is 32.1. The Kier molecular flexibility index (Phi) is 4.21. The van der Waals surface area contributed by atoms with Gasteiger partial charge in [0.25, 0.3) is 0 Å². The summed E-state index contributed by atoms with van der Waals surface area (Å²) in [5, 5.41) is 0. The Balaban J connectivity index is 1.50. The van der Waals surface area contributed by atoms with Crippen LogP contribution in [0.5, 0.6) is 0 Å². The van der Waals surface area contributed by atoms with Gasteiger partial charge in [-0.25, -0.2) is 4.98 Å². The number of H-pyrrole nitrogens is 1. The maximum atomic E-state index is 5.57. The molecule has 0 bridgehead atoms. The molecule has 1 aliphatic rings. The molecule has 0 spiro atoms. The highest BCUT2D eigenvalue weighted by molar-refractivity contribution is 7.71. The van der Waals surface area contributed by atoms with E-state index < -0.39 is 0 Å². The van der Waals surface area contributed by atoms with E-state index >= 15 is 0 Å². The Bertz CT molecular complexity index is 889. The number of pyridine rings is 1. The van der Waals surface area contributed by atoms with Crippen molar-refractivity contribution < 1.29 is 0 Å². The topological polar surface area (TPSA) is 36.9 Å². The van der Waals surface area contributed by atoms with Gasteiger partial charge in [-0.05, 0) is 49.2 Å². The Morgan fingerprint density at radius 1 is 1.21 bits per heavy atom. The average molecular weight is 338 g/mol. The number of hydrogen-bond acceptors (Lipinski definition) is 3. The summed E-state index contributed by atoms with van der Waals surface area (Å²) in [6.45, 7) is 5.28. The van der Waals surface area contributed by atoms with Crippen LogP contribution in [0.3, 0.4) is 0 Å². The Morgan fingerprint density at radius 2 is 1.96 bits per heavy atom. The van der Waals surface area contributed by atoms with E-state index in [1.165, 1.54) is 5.56 Å². The standard InChI is InChI=1S/C19H22N4S/c1-14-11-17-18(20-12-14)23(19(24)21-17)16-7-9-22(10-8-16)13-15-5-3-2-4-6-15/h2-6,11-12,16H,7-10,13H2,1H3,(H,21,24). The molecule has 0 atom stereocenters. The fourth-order valence-electron chi connectivity index (χ4n) is 3.63. The fraction of sp³-hybridized carbons (Fsp3) is 0.368. The van der Waals surface area contributed by atoms with Crippen LogP contribution in [0.1, 0.15) is 30.0 Å². The number of imidazole rings is 1. The largest absolute Gasteiger partial charge is 0.329 e. The minimum absolute atomic E-state index is 0.438. The van der Waals surface area contributed by atoms with Crippen molar-refractivity contribution in [2.45, 2.75) is 32.4 Å². The summed E-state index contributed by atoms with van der Waals surface area (Å²) >= 11 is 5.57. The number of rotatable bonds is 3. The predicted octanol–water partition coefficient (Wildman–Crippen LogP) is 4.24. The molecule has 124 valence electrons. The second-order valence-corrected chi connectivity index (χ2v) is 7.06. The van der Waals surface area contributed by atoms with Crippen molar-refractivity contribution >= 4 is 23.4 Å². The number of piperidine rings is 1. The summed E-state index contributed by atoms with van der Waals surface area (Å²) in [5.41, 5.74) is 4.58. The van der Waals surface area contributed by atoms with Gasteiger partial charge < -0.3 is 4.98 Å². The van der Waals surface area contributed by atoms with Crippen molar-refractivity contribution in [1.29, 1.82) is 0 Å². The number of likely N-dealkylation sites (tertiary alicyclic amines) is 1. The summed E-state index contributed by atoms with van der Waals surface area (Å²) in [6, 6.07) is 13.3. The number of nitrogens with one attached hydrogen (secondary N) is 1. The van der Waals surface area contributed by atoms with Crippen molar-refractivity contribution in [3.8, 4) is 0 Å². The van der Waals surface area contributed by atoms with E-state index in [2.05, 4.69) is 62.8 Å². The third-order valence-electron chi connectivity index (χ3n) is 4.86. The lowest BCUT2D eigenvalue weighted by molar-refractivity contribution is 0.180. The van der Waals surface area contributed by atoms with Gasteiger partial charge in [-0.2, -0.15) is 0 Å². The van der Waals surface area contributed by atoms with Gasteiger partial charge in [0.2, 0.25) is 0 Å². The van der Waals surface area contributed by atoms with Gasteiger partial charge >= 0.3 is 0 Å². The first kappa shape index (κ1) is 15.5. The van der Waals surface area contributed by atoms with Crippen LogP contribution in [-0.2, 0) is 6.54 Å². The highest BCUT2D eigenvalue weighted by Crippen LogP contribution is 2.27. The summed E-state index contributed by atoms with van der Waals surface area (Å²) in [5.74, 6) is 0. The van der Waals surface area contributed by atoms with Crippen LogP contribution in [-0.4, -0.2) is 32.5 Å². The van der Waals surface area contributed by atoms with E-state index in [1.807, 2.05) is 6.20 Å². The van der Waals surface area contributed by atoms with Crippen molar-refractivity contribution in [2.24, 2.45) is 0 Å². The number of fused-ring (bicyclic) bond motifs is 1. The van der Waals surface area contributed by atoms with Gasteiger partial charge in [0.1, 0.15) is 0 Å². The third-order valence-corrected chi connectivity index (χ3v) is 5.16. The number of nitrogens with zero attached hydrogens (tertiary/aromatic N) is 3. The van der Waals surface area contributed by atoms with Gasteiger partial charge in [0.15, 0.2) is 10.4 Å². The Hall–Kier alpha value is -1.98. The second kappa shape index (κ2) is 6.49. The molecule has 1 fully saturated rings. The van der Waals surface area contributed by atoms with Gasteiger partial charge in [0, 0.05) is 31.9 Å². The highest BCUT2D eigenvalue weighted by Gasteiger charge is 2.23. The first-order valence-corrected chi connectivity index (χ1v) is 8.95. The molecule has 1 N–H and O–H groups in total. The van der Waals surface area contributed by atoms with Crippen molar-refractivity contribution in [2.75, 3.05) is 13.1 Å². The first-order valence-electron chi connectivity index (χ1n) is 8.54. The van der Waals surface area contributed by atoms with E-state index in [-0.39, 0.29) is 0 Å². The van der Waals surface area contributed by atoms with Gasteiger partial charge in [-0.15, -0.1) is 0 Å². The monoisotopic (exact) mass is 338 g/mol. The van der Waals surface area contributed by atoms with E-state index in [0.717, 1.165) is 54.0 Å². The lowest BCUT2D eigenvalue weighted by Gasteiger charge is -2.32. The first-order chi connectivity index (χ1) is 11.7. The van der Waals surface area contributed by atoms with Crippen LogP contribution in [0.25, 0.3) is 11.2 Å². The molecule has 0 amide bonds. The zero-order chi connectivity index (χ0) is 16.5. The predicted molar refractivity (Wildman–Crippen MR) is 99.6 cm³/mol. The number of aryl methyl sites for hydroxylation is 1. The molecule has 0 aliphatic carbocycles. The van der Waals surface area contributed by atoms with Crippen molar-refractivity contribution in [3.63, 3.8) is 0 Å². The van der Waals surface area contributed by atoms with Crippen LogP contribution >= 0.6 is 12.2 Å². The lowest BCUT2D eigenvalue weighted by atomic mass is 10.0. The lowest BCUT2D eigenvalue weighted by Crippen LogP contribution is -2.34. The molecule has 0 unspecified atom stereocenters. The van der Waals surface area contributed by atoms with Gasteiger partial charge in [-0.1, -0.05) is 30.3 Å². The minimum Gasteiger partial charge on any atom is -0.329 e. The van der Waals surface area contributed by atoms with Crippen LogP contribution < -0.4 is 0 Å². The molecule has 3 heterocycles. The van der Waals surface area contributed by atoms with Crippen LogP contribution in [0, 0.1) is 11.7 Å². The number of hydrogen-bond donors (Lipinski definition) is 1. The molecule has 1 aromatic carbocycles. The SMILES string of the molecule is Cc1cnc2c(c1)[nH]c(=S)n2C1CCN(Cc2ccccc2)CC1. The van der Waals surface area contributed by atoms with Gasteiger partial charge in [-0.3, -0.25) is 9.47 Å². The van der Waals surface area contributed by atoms with Crippen molar-refractivity contribution in [3.05, 3.63) is 58.5 Å². The van der Waals surface area contributed by atoms with E-state index in [0.29, 0.717) is 6.04 Å². The second-order valence-electron chi connectivity index (χ2n) is 6.68. The number of aromatic nitrogens is 3. The molecule has 4 rings (SSSR count). The zero-order valence-electron chi connectivity index (χ0n) is 13.9. The normalized spacial score (nSPS) is 16.7. The van der Waals surface area contributed by atoms with E-state index in [9.17, 15) is 0 Å². The third kappa shape index (κ3) is 3.01. The van der Waals surface area contributed by atoms with E-state index in [4.69, 9.17) is 12.2 Å². The fourth-order valence-corrected chi connectivity index (χ4v) is 3.98. The maximum Gasteiger partial charge on any atom is 0.179 e. The van der Waals surface area contributed by atoms with E-state index in [1.54, 1.807) is 0 Å². The summed E-state index contributed by atoms with van der Waals surface area (Å²) in [4.78, 5) is 10.5.